The highest BCUT2D eigenvalue weighted by molar-refractivity contribution is 6.76. The van der Waals surface area contributed by atoms with Gasteiger partial charge in [-0.05, 0) is 60.7 Å². The standard InChI is InChI=1S/C37H34N4Si/c1-38(30-18-6-2-7-19-30)34-26-14-15-27-35(34)39(31-20-8-3-9-21-31)42-40(32-22-10-4-11-23-32)36-28-16-17-29-37(36)41(42)33-24-12-5-13-25-33/h2-29,34-35,42H,1H3. The van der Waals surface area contributed by atoms with E-state index >= 15 is 0 Å². The van der Waals surface area contributed by atoms with E-state index in [1.54, 1.807) is 0 Å². The number of fused-ring (bicyclic) bond motifs is 1. The molecule has 0 aromatic heterocycles. The van der Waals surface area contributed by atoms with Crippen LogP contribution in [0.5, 0.6) is 0 Å². The highest BCUT2D eigenvalue weighted by Crippen LogP contribution is 2.48. The van der Waals surface area contributed by atoms with Crippen LogP contribution >= 0.6 is 0 Å². The Bertz CT molecular complexity index is 1610. The lowest BCUT2D eigenvalue weighted by molar-refractivity contribution is 0.652. The van der Waals surface area contributed by atoms with Crippen LogP contribution in [0.1, 0.15) is 0 Å². The summed E-state index contributed by atoms with van der Waals surface area (Å²) in [6.45, 7) is 0. The number of hydrogen-bond donors (Lipinski definition) is 0. The summed E-state index contributed by atoms with van der Waals surface area (Å²) in [5, 5.41) is 0. The van der Waals surface area contributed by atoms with Crippen LogP contribution in [0.15, 0.2) is 170 Å². The van der Waals surface area contributed by atoms with Crippen molar-refractivity contribution in [2.75, 3.05) is 25.6 Å². The zero-order valence-electron chi connectivity index (χ0n) is 23.7. The molecule has 1 heterocycles. The third kappa shape index (κ3) is 4.68. The van der Waals surface area contributed by atoms with Gasteiger partial charge in [0.1, 0.15) is 0 Å². The molecule has 2 aliphatic rings. The molecule has 5 aromatic carbocycles. The van der Waals surface area contributed by atoms with Gasteiger partial charge in [0.15, 0.2) is 0 Å². The number of rotatable bonds is 7. The largest absolute Gasteiger partial charge is 0.373 e. The van der Waals surface area contributed by atoms with Crippen LogP contribution in [0.2, 0.25) is 0 Å². The minimum absolute atomic E-state index is 0.0889. The first-order chi connectivity index (χ1) is 20.8. The summed E-state index contributed by atoms with van der Waals surface area (Å²) in [5.74, 6) is 0. The Kier molecular flexibility index (Phi) is 7.08. The Morgan fingerprint density at radius 3 is 1.38 bits per heavy atom. The van der Waals surface area contributed by atoms with Gasteiger partial charge in [-0.1, -0.05) is 109 Å². The number of hydrogen-bond acceptors (Lipinski definition) is 4. The zero-order chi connectivity index (χ0) is 28.3. The lowest BCUT2D eigenvalue weighted by Gasteiger charge is -2.48. The van der Waals surface area contributed by atoms with Crippen molar-refractivity contribution in [1.82, 2.24) is 0 Å². The first-order valence-corrected chi connectivity index (χ1v) is 16.1. The molecule has 2 atom stereocenters. The van der Waals surface area contributed by atoms with Crippen molar-refractivity contribution in [3.05, 3.63) is 170 Å². The molecule has 4 nitrogen and oxygen atoms in total. The number of para-hydroxylation sites is 6. The lowest BCUT2D eigenvalue weighted by Crippen LogP contribution is -2.64. The molecule has 0 radical (unpaired) electrons. The SMILES string of the molecule is CN(c1ccccc1)C1C=CC=CC1N(c1ccccc1)[SiH]1N(c2ccccc2)c2ccccc2N1c1ccccc1. The van der Waals surface area contributed by atoms with Crippen molar-refractivity contribution in [1.29, 1.82) is 0 Å². The summed E-state index contributed by atoms with van der Waals surface area (Å²) >= 11 is 0. The van der Waals surface area contributed by atoms with Crippen molar-refractivity contribution in [3.8, 4) is 0 Å². The van der Waals surface area contributed by atoms with Gasteiger partial charge in [0.25, 0.3) is 0 Å². The van der Waals surface area contributed by atoms with E-state index in [1.165, 1.54) is 34.1 Å². The summed E-state index contributed by atoms with van der Waals surface area (Å²) in [6, 6.07) is 52.6. The van der Waals surface area contributed by atoms with Crippen LogP contribution in [-0.4, -0.2) is 28.4 Å². The van der Waals surface area contributed by atoms with Crippen LogP contribution in [0.4, 0.5) is 34.1 Å². The molecule has 42 heavy (non-hydrogen) atoms. The second kappa shape index (κ2) is 11.5. The third-order valence-corrected chi connectivity index (χ3v) is 11.5. The maximum Gasteiger partial charge on any atom is 0.373 e. The first kappa shape index (κ1) is 25.9. The van der Waals surface area contributed by atoms with Crippen LogP contribution in [0.3, 0.4) is 0 Å². The Morgan fingerprint density at radius 2 is 0.881 bits per heavy atom. The summed E-state index contributed by atoms with van der Waals surface area (Å²) in [5.41, 5.74) is 7.34. The van der Waals surface area contributed by atoms with Gasteiger partial charge in [0.05, 0.1) is 23.5 Å². The number of benzene rings is 5. The number of anilines is 6. The van der Waals surface area contributed by atoms with E-state index in [0.717, 1.165) is 0 Å². The molecule has 0 saturated carbocycles. The van der Waals surface area contributed by atoms with E-state index < -0.39 is 9.28 Å². The Labute approximate surface area is 250 Å². The predicted octanol–water partition coefficient (Wildman–Crippen LogP) is 8.20. The molecule has 7 rings (SSSR count). The topological polar surface area (TPSA) is 13.0 Å². The van der Waals surface area contributed by atoms with Crippen LogP contribution < -0.4 is 18.6 Å². The van der Waals surface area contributed by atoms with E-state index in [2.05, 4.69) is 196 Å². The van der Waals surface area contributed by atoms with Crippen LogP contribution in [0, 0.1) is 0 Å². The average molecular weight is 563 g/mol. The second-order valence-electron chi connectivity index (χ2n) is 10.7. The highest BCUT2D eigenvalue weighted by atomic mass is 28.3. The fourth-order valence-electron chi connectivity index (χ4n) is 6.30. The number of nitrogens with zero attached hydrogens (tertiary/aromatic N) is 4. The lowest BCUT2D eigenvalue weighted by atomic mass is 10.0. The van der Waals surface area contributed by atoms with Crippen LogP contribution in [0.25, 0.3) is 0 Å². The van der Waals surface area contributed by atoms with Gasteiger partial charge in [-0.25, -0.2) is 0 Å². The monoisotopic (exact) mass is 562 g/mol. The Hall–Kier alpha value is -5.00. The summed E-state index contributed by atoms with van der Waals surface area (Å²) < 4.78 is 7.98. The predicted molar refractivity (Wildman–Crippen MR) is 180 cm³/mol. The minimum atomic E-state index is -2.25. The molecular formula is C37H34N4Si. The van der Waals surface area contributed by atoms with Gasteiger partial charge < -0.3 is 18.6 Å². The van der Waals surface area contributed by atoms with Crippen molar-refractivity contribution in [3.63, 3.8) is 0 Å². The molecule has 0 spiro atoms. The van der Waals surface area contributed by atoms with Crippen molar-refractivity contribution >= 4 is 43.4 Å². The summed E-state index contributed by atoms with van der Waals surface area (Å²) in [6.07, 6.45) is 9.15. The molecule has 1 aliphatic heterocycles. The van der Waals surface area contributed by atoms with E-state index in [9.17, 15) is 0 Å². The van der Waals surface area contributed by atoms with E-state index in [4.69, 9.17) is 0 Å². The molecule has 0 amide bonds. The van der Waals surface area contributed by atoms with E-state index in [0.29, 0.717) is 0 Å². The van der Waals surface area contributed by atoms with E-state index in [1.807, 2.05) is 0 Å². The molecule has 2 unspecified atom stereocenters. The quantitative estimate of drug-likeness (QED) is 0.185. The molecule has 1 aliphatic carbocycles. The second-order valence-corrected chi connectivity index (χ2v) is 13.0. The highest BCUT2D eigenvalue weighted by Gasteiger charge is 2.47. The van der Waals surface area contributed by atoms with Crippen LogP contribution in [-0.2, 0) is 0 Å². The molecule has 206 valence electrons. The Balaban J connectivity index is 1.45. The van der Waals surface area contributed by atoms with Gasteiger partial charge in [0.2, 0.25) is 0 Å². The summed E-state index contributed by atoms with van der Waals surface area (Å²) in [7, 11) is -0.0352. The molecule has 0 fully saturated rings. The smallest absolute Gasteiger partial charge is 0.366 e. The minimum Gasteiger partial charge on any atom is -0.366 e. The molecule has 0 bridgehead atoms. The molecule has 5 heteroatoms. The number of likely N-dealkylation sites (N-methyl/N-ethyl adjacent to an activating group) is 1. The van der Waals surface area contributed by atoms with Gasteiger partial charge in [-0.2, -0.15) is 0 Å². The van der Waals surface area contributed by atoms with Gasteiger partial charge in [-0.3, -0.25) is 0 Å². The maximum atomic E-state index is 2.73. The third-order valence-electron chi connectivity index (χ3n) is 8.24. The maximum absolute atomic E-state index is 2.73. The van der Waals surface area contributed by atoms with Gasteiger partial charge >= 0.3 is 9.28 Å². The molecule has 0 N–H and O–H groups in total. The van der Waals surface area contributed by atoms with Gasteiger partial charge in [-0.15, -0.1) is 0 Å². The number of allylic oxidation sites excluding steroid dienone is 2. The van der Waals surface area contributed by atoms with Crippen molar-refractivity contribution in [2.24, 2.45) is 0 Å². The molecular weight excluding hydrogens is 529 g/mol. The van der Waals surface area contributed by atoms with Crippen molar-refractivity contribution < 1.29 is 0 Å². The fraction of sp³-hybridized carbons (Fsp3) is 0.0811. The normalized spacial score (nSPS) is 17.7. The Morgan fingerprint density at radius 1 is 0.476 bits per heavy atom. The zero-order valence-corrected chi connectivity index (χ0v) is 24.8. The first-order valence-electron chi connectivity index (χ1n) is 14.5. The van der Waals surface area contributed by atoms with E-state index in [-0.39, 0.29) is 12.1 Å². The van der Waals surface area contributed by atoms with Gasteiger partial charge in [0, 0.05) is 29.8 Å². The molecule has 5 aromatic rings. The fourth-order valence-corrected chi connectivity index (χ4v) is 9.86. The molecule has 0 saturated heterocycles. The average Bonchev–Trinajstić information content (AvgIpc) is 3.41. The summed E-state index contributed by atoms with van der Waals surface area (Å²) in [4.78, 5) is 2.41. The van der Waals surface area contributed by atoms with Crippen molar-refractivity contribution in [2.45, 2.75) is 12.1 Å².